The van der Waals surface area contributed by atoms with Gasteiger partial charge in [0, 0.05) is 49.8 Å². The van der Waals surface area contributed by atoms with Crippen LogP contribution in [0.25, 0.3) is 10.9 Å². The zero-order valence-electron chi connectivity index (χ0n) is 16.1. The van der Waals surface area contributed by atoms with Crippen LogP contribution >= 0.6 is 0 Å². The van der Waals surface area contributed by atoms with E-state index in [1.165, 1.54) is 16.5 Å². The number of methoxy groups -OCH3 is 1. The van der Waals surface area contributed by atoms with Crippen molar-refractivity contribution in [3.8, 4) is 11.5 Å². The van der Waals surface area contributed by atoms with Gasteiger partial charge in [0.05, 0.1) is 7.11 Å². The summed E-state index contributed by atoms with van der Waals surface area (Å²) in [7, 11) is 1.59. The molecule has 6 nitrogen and oxygen atoms in total. The molecule has 1 saturated heterocycles. The van der Waals surface area contributed by atoms with Crippen molar-refractivity contribution in [3.63, 3.8) is 0 Å². The van der Waals surface area contributed by atoms with E-state index >= 15 is 0 Å². The predicted octanol–water partition coefficient (Wildman–Crippen LogP) is 2.90. The second-order valence-electron chi connectivity index (χ2n) is 6.96. The SMILES string of the molecule is COc1ccccc1OCC(=O)N1CCN(Cc2c[nH]c3ccccc23)CC1. The van der Waals surface area contributed by atoms with Crippen LogP contribution in [0.15, 0.2) is 54.7 Å². The van der Waals surface area contributed by atoms with E-state index in [-0.39, 0.29) is 12.5 Å². The fraction of sp³-hybridized carbons (Fsp3) is 0.318. The minimum absolute atomic E-state index is 0.0117. The van der Waals surface area contributed by atoms with Gasteiger partial charge < -0.3 is 19.4 Å². The van der Waals surface area contributed by atoms with Gasteiger partial charge in [-0.1, -0.05) is 30.3 Å². The average Bonchev–Trinajstić information content (AvgIpc) is 3.15. The molecule has 2 aromatic carbocycles. The van der Waals surface area contributed by atoms with Gasteiger partial charge in [0.1, 0.15) is 0 Å². The zero-order valence-corrected chi connectivity index (χ0v) is 16.1. The van der Waals surface area contributed by atoms with Gasteiger partial charge in [0.15, 0.2) is 18.1 Å². The number of ether oxygens (including phenoxy) is 2. The highest BCUT2D eigenvalue weighted by atomic mass is 16.5. The number of amides is 1. The third-order valence-corrected chi connectivity index (χ3v) is 5.21. The Morgan fingerprint density at radius 2 is 1.71 bits per heavy atom. The molecule has 0 aliphatic carbocycles. The molecule has 1 N–H and O–H groups in total. The Hall–Kier alpha value is -2.99. The van der Waals surface area contributed by atoms with Gasteiger partial charge in [-0.25, -0.2) is 0 Å². The van der Waals surface area contributed by atoms with Gasteiger partial charge >= 0.3 is 0 Å². The van der Waals surface area contributed by atoms with E-state index in [2.05, 4.69) is 34.3 Å². The van der Waals surface area contributed by atoms with Crippen LogP contribution in [0.4, 0.5) is 0 Å². The number of nitrogens with zero attached hydrogens (tertiary/aromatic N) is 2. The number of nitrogens with one attached hydrogen (secondary N) is 1. The summed E-state index contributed by atoms with van der Waals surface area (Å²) >= 11 is 0. The molecule has 0 saturated carbocycles. The summed E-state index contributed by atoms with van der Waals surface area (Å²) < 4.78 is 10.9. The lowest BCUT2D eigenvalue weighted by Crippen LogP contribution is -2.49. The lowest BCUT2D eigenvalue weighted by molar-refractivity contribution is -0.135. The van der Waals surface area contributed by atoms with Gasteiger partial charge in [-0.05, 0) is 23.8 Å². The molecule has 0 bridgehead atoms. The maximum Gasteiger partial charge on any atom is 0.260 e. The number of H-pyrrole nitrogens is 1. The van der Waals surface area contributed by atoms with Crippen molar-refractivity contribution < 1.29 is 14.3 Å². The molecule has 1 fully saturated rings. The average molecular weight is 379 g/mol. The van der Waals surface area contributed by atoms with Crippen LogP contribution in [0.1, 0.15) is 5.56 Å². The van der Waals surface area contributed by atoms with Crippen molar-refractivity contribution in [3.05, 3.63) is 60.3 Å². The van der Waals surface area contributed by atoms with Crippen molar-refractivity contribution in [2.24, 2.45) is 0 Å². The standard InChI is InChI=1S/C22H25N3O3/c1-27-20-8-4-5-9-21(20)28-16-22(26)25-12-10-24(11-13-25)15-17-14-23-19-7-3-2-6-18(17)19/h2-9,14,23H,10-13,15-16H2,1H3. The van der Waals surface area contributed by atoms with Gasteiger partial charge in [0.25, 0.3) is 5.91 Å². The normalized spacial score (nSPS) is 15.0. The van der Waals surface area contributed by atoms with E-state index in [0.717, 1.165) is 32.7 Å². The molecule has 1 aromatic heterocycles. The Bertz CT molecular complexity index is 945. The quantitative estimate of drug-likeness (QED) is 0.716. The van der Waals surface area contributed by atoms with E-state index < -0.39 is 0 Å². The highest BCUT2D eigenvalue weighted by Crippen LogP contribution is 2.25. The minimum atomic E-state index is 0.0117. The number of carbonyl (C=O) groups excluding carboxylic acids is 1. The van der Waals surface area contributed by atoms with Crippen molar-refractivity contribution in [1.29, 1.82) is 0 Å². The highest BCUT2D eigenvalue weighted by Gasteiger charge is 2.22. The van der Waals surface area contributed by atoms with E-state index in [9.17, 15) is 4.79 Å². The third kappa shape index (κ3) is 3.97. The first-order valence-electron chi connectivity index (χ1n) is 9.55. The Labute approximate surface area is 164 Å². The summed E-state index contributed by atoms with van der Waals surface area (Å²) in [5.41, 5.74) is 2.47. The summed E-state index contributed by atoms with van der Waals surface area (Å²) in [4.78, 5) is 20.1. The van der Waals surface area contributed by atoms with Gasteiger partial charge in [-0.3, -0.25) is 9.69 Å². The molecule has 28 heavy (non-hydrogen) atoms. The van der Waals surface area contributed by atoms with Crippen molar-refractivity contribution >= 4 is 16.8 Å². The van der Waals surface area contributed by atoms with Crippen LogP contribution in [0.3, 0.4) is 0 Å². The maximum absolute atomic E-state index is 12.5. The number of piperazine rings is 1. The first-order valence-corrected chi connectivity index (χ1v) is 9.55. The molecule has 1 aliphatic heterocycles. The summed E-state index contributed by atoms with van der Waals surface area (Å²) in [5, 5.41) is 1.27. The van der Waals surface area contributed by atoms with Crippen molar-refractivity contribution in [1.82, 2.24) is 14.8 Å². The monoisotopic (exact) mass is 379 g/mol. The molecule has 3 aromatic rings. The summed E-state index contributed by atoms with van der Waals surface area (Å²) in [5.74, 6) is 1.24. The van der Waals surface area contributed by atoms with Gasteiger partial charge in [-0.15, -0.1) is 0 Å². The lowest BCUT2D eigenvalue weighted by atomic mass is 10.1. The van der Waals surface area contributed by atoms with E-state index in [1.54, 1.807) is 7.11 Å². The zero-order chi connectivity index (χ0) is 19.3. The van der Waals surface area contributed by atoms with E-state index in [0.29, 0.717) is 11.5 Å². The summed E-state index contributed by atoms with van der Waals surface area (Å²) in [6.07, 6.45) is 2.09. The van der Waals surface area contributed by atoms with Crippen LogP contribution in [-0.2, 0) is 11.3 Å². The molecule has 1 aliphatic rings. The number of fused-ring (bicyclic) bond motifs is 1. The number of carbonyl (C=O) groups is 1. The second-order valence-corrected chi connectivity index (χ2v) is 6.96. The van der Waals surface area contributed by atoms with Crippen LogP contribution < -0.4 is 9.47 Å². The van der Waals surface area contributed by atoms with Crippen LogP contribution in [0.2, 0.25) is 0 Å². The molecule has 0 radical (unpaired) electrons. The fourth-order valence-electron chi connectivity index (χ4n) is 3.63. The number of hydrogen-bond acceptors (Lipinski definition) is 4. The number of aromatic amines is 1. The molecule has 6 heteroatoms. The Balaban J connectivity index is 1.28. The molecule has 4 rings (SSSR count). The van der Waals surface area contributed by atoms with Crippen molar-refractivity contribution in [2.45, 2.75) is 6.54 Å². The molecular weight excluding hydrogens is 354 g/mol. The largest absolute Gasteiger partial charge is 0.493 e. The summed E-state index contributed by atoms with van der Waals surface area (Å²) in [6.45, 7) is 4.08. The number of rotatable bonds is 6. The van der Waals surface area contributed by atoms with Gasteiger partial charge in [-0.2, -0.15) is 0 Å². The Morgan fingerprint density at radius 1 is 1.00 bits per heavy atom. The topological polar surface area (TPSA) is 57.8 Å². The maximum atomic E-state index is 12.5. The number of hydrogen-bond donors (Lipinski definition) is 1. The first-order chi connectivity index (χ1) is 13.7. The van der Waals surface area contributed by atoms with Crippen LogP contribution in [-0.4, -0.2) is 60.6 Å². The Kier molecular flexibility index (Phi) is 5.48. The Morgan fingerprint density at radius 3 is 2.50 bits per heavy atom. The molecule has 2 heterocycles. The molecule has 146 valence electrons. The van der Waals surface area contributed by atoms with Crippen LogP contribution in [0, 0.1) is 0 Å². The predicted molar refractivity (Wildman–Crippen MR) is 109 cm³/mol. The molecule has 0 unspecified atom stereocenters. The first kappa shape index (κ1) is 18.4. The van der Waals surface area contributed by atoms with E-state index in [1.807, 2.05) is 35.2 Å². The number of aromatic nitrogens is 1. The fourth-order valence-corrected chi connectivity index (χ4v) is 3.63. The molecule has 1 amide bonds. The van der Waals surface area contributed by atoms with Crippen molar-refractivity contribution in [2.75, 3.05) is 39.9 Å². The van der Waals surface area contributed by atoms with Crippen LogP contribution in [0.5, 0.6) is 11.5 Å². The number of para-hydroxylation sites is 3. The second kappa shape index (κ2) is 8.35. The minimum Gasteiger partial charge on any atom is -0.493 e. The van der Waals surface area contributed by atoms with E-state index in [4.69, 9.17) is 9.47 Å². The molecular formula is C22H25N3O3. The molecule has 0 atom stereocenters. The third-order valence-electron chi connectivity index (χ3n) is 5.21. The molecule has 0 spiro atoms. The number of benzene rings is 2. The summed E-state index contributed by atoms with van der Waals surface area (Å²) in [6, 6.07) is 15.7. The van der Waals surface area contributed by atoms with Gasteiger partial charge in [0.2, 0.25) is 0 Å². The smallest absolute Gasteiger partial charge is 0.260 e. The lowest BCUT2D eigenvalue weighted by Gasteiger charge is -2.34. The highest BCUT2D eigenvalue weighted by molar-refractivity contribution is 5.83.